The van der Waals surface area contributed by atoms with E-state index in [9.17, 15) is 0 Å². The maximum Gasteiger partial charge on any atom is 0.162 e. The van der Waals surface area contributed by atoms with Crippen molar-refractivity contribution >= 4 is 34.4 Å². The molecule has 4 rings (SSSR count). The number of rotatable bonds is 5. The molecule has 0 atom stereocenters. The van der Waals surface area contributed by atoms with E-state index in [0.29, 0.717) is 6.54 Å². The number of thioether (sulfide) groups is 1. The second kappa shape index (κ2) is 7.25. The number of benzene rings is 2. The van der Waals surface area contributed by atoms with Crippen molar-refractivity contribution in [3.63, 3.8) is 0 Å². The quantitative estimate of drug-likeness (QED) is 0.375. The van der Waals surface area contributed by atoms with E-state index < -0.39 is 0 Å². The molecule has 0 saturated carbocycles. The summed E-state index contributed by atoms with van der Waals surface area (Å²) in [4.78, 5) is 8.85. The Morgan fingerprint density at radius 2 is 1.76 bits per heavy atom. The van der Waals surface area contributed by atoms with Gasteiger partial charge in [0.05, 0.1) is 18.1 Å². The average Bonchev–Trinajstić information content (AvgIpc) is 3.06. The van der Waals surface area contributed by atoms with Crippen LogP contribution in [0.2, 0.25) is 5.02 Å². The number of halogens is 1. The Hall–Kier alpha value is -2.37. The minimum atomic E-state index is 0.586. The Balaban J connectivity index is 1.61. The molecule has 2 aromatic heterocycles. The molecule has 0 saturated heterocycles. The first-order chi connectivity index (χ1) is 12.3. The zero-order chi connectivity index (χ0) is 17.1. The van der Waals surface area contributed by atoms with E-state index in [-0.39, 0.29) is 0 Å². The SMILES string of the molecule is Clc1ccccc1Cn1ncc2c(SCc3ccccc3)ncnc21. The lowest BCUT2D eigenvalue weighted by atomic mass is 10.2. The van der Waals surface area contributed by atoms with E-state index in [2.05, 4.69) is 27.2 Å². The standard InChI is InChI=1S/C19H15ClN4S/c20-17-9-5-4-8-15(17)11-24-18-16(10-23-24)19(22-13-21-18)25-12-14-6-2-1-3-7-14/h1-10,13H,11-12H2. The summed E-state index contributed by atoms with van der Waals surface area (Å²) in [5.74, 6) is 0.864. The summed E-state index contributed by atoms with van der Waals surface area (Å²) < 4.78 is 1.87. The van der Waals surface area contributed by atoms with Crippen LogP contribution in [0.5, 0.6) is 0 Å². The maximum atomic E-state index is 6.26. The van der Waals surface area contributed by atoms with Gasteiger partial charge in [-0.25, -0.2) is 14.6 Å². The van der Waals surface area contributed by atoms with Gasteiger partial charge in [-0.15, -0.1) is 11.8 Å². The van der Waals surface area contributed by atoms with Crippen LogP contribution in [0.1, 0.15) is 11.1 Å². The van der Waals surface area contributed by atoms with Crippen molar-refractivity contribution in [2.24, 2.45) is 0 Å². The van der Waals surface area contributed by atoms with E-state index in [1.165, 1.54) is 5.56 Å². The molecule has 0 radical (unpaired) electrons. The largest absolute Gasteiger partial charge is 0.243 e. The molecule has 0 N–H and O–H groups in total. The first-order valence-corrected chi connectivity index (χ1v) is 9.24. The fourth-order valence-corrected chi connectivity index (χ4v) is 3.73. The van der Waals surface area contributed by atoms with Crippen LogP contribution in [-0.4, -0.2) is 19.7 Å². The van der Waals surface area contributed by atoms with Crippen molar-refractivity contribution < 1.29 is 0 Å². The second-order valence-corrected chi connectivity index (χ2v) is 6.96. The highest BCUT2D eigenvalue weighted by molar-refractivity contribution is 7.98. The lowest BCUT2D eigenvalue weighted by Crippen LogP contribution is -2.03. The highest BCUT2D eigenvalue weighted by atomic mass is 35.5. The molecule has 0 aliphatic heterocycles. The van der Waals surface area contributed by atoms with Gasteiger partial charge in [0.1, 0.15) is 11.4 Å². The first kappa shape index (κ1) is 16.1. The number of aromatic nitrogens is 4. The Morgan fingerprint density at radius 1 is 0.960 bits per heavy atom. The van der Waals surface area contributed by atoms with Gasteiger partial charge in [0.15, 0.2) is 5.65 Å². The van der Waals surface area contributed by atoms with E-state index in [0.717, 1.165) is 32.4 Å². The van der Waals surface area contributed by atoms with Gasteiger partial charge in [-0.3, -0.25) is 0 Å². The Kier molecular flexibility index (Phi) is 4.68. The van der Waals surface area contributed by atoms with Gasteiger partial charge in [0, 0.05) is 10.8 Å². The fraction of sp³-hybridized carbons (Fsp3) is 0.105. The molecular formula is C19H15ClN4S. The molecule has 4 nitrogen and oxygen atoms in total. The number of fused-ring (bicyclic) bond motifs is 1. The summed E-state index contributed by atoms with van der Waals surface area (Å²) in [6, 6.07) is 18.1. The Bertz CT molecular complexity index is 1000. The topological polar surface area (TPSA) is 43.6 Å². The van der Waals surface area contributed by atoms with Crippen LogP contribution in [0.15, 0.2) is 72.1 Å². The van der Waals surface area contributed by atoms with E-state index in [1.807, 2.05) is 53.3 Å². The van der Waals surface area contributed by atoms with Gasteiger partial charge in [-0.05, 0) is 17.2 Å². The zero-order valence-corrected chi connectivity index (χ0v) is 14.9. The van der Waals surface area contributed by atoms with Gasteiger partial charge < -0.3 is 0 Å². The second-order valence-electron chi connectivity index (χ2n) is 5.58. The smallest absolute Gasteiger partial charge is 0.162 e. The Labute approximate surface area is 154 Å². The lowest BCUT2D eigenvalue weighted by molar-refractivity contribution is 0.703. The molecule has 25 heavy (non-hydrogen) atoms. The predicted molar refractivity (Wildman–Crippen MR) is 102 cm³/mol. The average molecular weight is 367 g/mol. The minimum Gasteiger partial charge on any atom is -0.243 e. The van der Waals surface area contributed by atoms with Crippen molar-refractivity contribution in [3.8, 4) is 0 Å². The summed E-state index contributed by atoms with van der Waals surface area (Å²) in [5, 5.41) is 7.14. The van der Waals surface area contributed by atoms with Crippen LogP contribution in [-0.2, 0) is 12.3 Å². The zero-order valence-electron chi connectivity index (χ0n) is 13.3. The minimum absolute atomic E-state index is 0.586. The van der Waals surface area contributed by atoms with Crippen LogP contribution in [0, 0.1) is 0 Å². The van der Waals surface area contributed by atoms with E-state index in [4.69, 9.17) is 11.6 Å². The van der Waals surface area contributed by atoms with Crippen LogP contribution in [0.3, 0.4) is 0 Å². The highest BCUT2D eigenvalue weighted by Gasteiger charge is 2.11. The molecule has 2 heterocycles. The third-order valence-corrected chi connectivity index (χ3v) is 5.34. The molecule has 4 aromatic rings. The molecular weight excluding hydrogens is 352 g/mol. The van der Waals surface area contributed by atoms with Crippen LogP contribution >= 0.6 is 23.4 Å². The molecule has 6 heteroatoms. The number of hydrogen-bond donors (Lipinski definition) is 0. The lowest BCUT2D eigenvalue weighted by Gasteiger charge is -2.06. The van der Waals surface area contributed by atoms with Gasteiger partial charge in [0.2, 0.25) is 0 Å². The van der Waals surface area contributed by atoms with Crippen molar-refractivity contribution in [1.82, 2.24) is 19.7 Å². The third kappa shape index (κ3) is 3.52. The number of nitrogens with zero attached hydrogens (tertiary/aromatic N) is 4. The molecule has 0 bridgehead atoms. The molecule has 0 unspecified atom stereocenters. The van der Waals surface area contributed by atoms with Gasteiger partial charge in [0.25, 0.3) is 0 Å². The van der Waals surface area contributed by atoms with E-state index in [1.54, 1.807) is 18.1 Å². The first-order valence-electron chi connectivity index (χ1n) is 7.88. The maximum absolute atomic E-state index is 6.26. The van der Waals surface area contributed by atoms with Crippen molar-refractivity contribution in [2.75, 3.05) is 0 Å². The normalized spacial score (nSPS) is 11.1. The molecule has 0 fully saturated rings. The summed E-state index contributed by atoms with van der Waals surface area (Å²) in [6.07, 6.45) is 3.43. The summed E-state index contributed by atoms with van der Waals surface area (Å²) in [6.45, 7) is 0.586. The van der Waals surface area contributed by atoms with Gasteiger partial charge in [-0.2, -0.15) is 5.10 Å². The van der Waals surface area contributed by atoms with Crippen LogP contribution < -0.4 is 0 Å². The molecule has 124 valence electrons. The summed E-state index contributed by atoms with van der Waals surface area (Å²) in [5.41, 5.74) is 3.11. The van der Waals surface area contributed by atoms with Crippen molar-refractivity contribution in [3.05, 3.63) is 83.3 Å². The fourth-order valence-electron chi connectivity index (χ4n) is 2.62. The number of hydrogen-bond acceptors (Lipinski definition) is 4. The predicted octanol–water partition coefficient (Wildman–Crippen LogP) is 4.82. The Morgan fingerprint density at radius 3 is 2.60 bits per heavy atom. The highest BCUT2D eigenvalue weighted by Crippen LogP contribution is 2.27. The third-order valence-electron chi connectivity index (χ3n) is 3.89. The van der Waals surface area contributed by atoms with Gasteiger partial charge in [-0.1, -0.05) is 60.1 Å². The van der Waals surface area contributed by atoms with Crippen molar-refractivity contribution in [1.29, 1.82) is 0 Å². The van der Waals surface area contributed by atoms with Crippen LogP contribution in [0.4, 0.5) is 0 Å². The van der Waals surface area contributed by atoms with Crippen molar-refractivity contribution in [2.45, 2.75) is 17.3 Å². The van der Waals surface area contributed by atoms with Gasteiger partial charge >= 0.3 is 0 Å². The summed E-state index contributed by atoms with van der Waals surface area (Å²) >= 11 is 7.96. The molecule has 0 amide bonds. The van der Waals surface area contributed by atoms with Crippen LogP contribution in [0.25, 0.3) is 11.0 Å². The molecule has 0 spiro atoms. The molecule has 2 aromatic carbocycles. The summed E-state index contributed by atoms with van der Waals surface area (Å²) in [7, 11) is 0. The molecule has 0 aliphatic rings. The monoisotopic (exact) mass is 366 g/mol. The molecule has 0 aliphatic carbocycles. The van der Waals surface area contributed by atoms with E-state index >= 15 is 0 Å².